The van der Waals surface area contributed by atoms with E-state index in [1.54, 1.807) is 0 Å². The van der Waals surface area contributed by atoms with Crippen LogP contribution >= 0.6 is 7.26 Å². The van der Waals surface area contributed by atoms with E-state index < -0.39 is 7.26 Å². The minimum atomic E-state index is -1.93. The summed E-state index contributed by atoms with van der Waals surface area (Å²) in [6.07, 6.45) is 0.787. The Kier molecular flexibility index (Phi) is 6.47. The predicted molar refractivity (Wildman–Crippen MR) is 138 cm³/mol. The van der Waals surface area contributed by atoms with Crippen molar-refractivity contribution in [1.29, 1.82) is 0 Å². The lowest BCUT2D eigenvalue weighted by molar-refractivity contribution is 1.53. The fourth-order valence-electron chi connectivity index (χ4n) is 3.99. The lowest BCUT2D eigenvalue weighted by Crippen LogP contribution is -2.33. The maximum Gasteiger partial charge on any atom is 0.134 e. The molecule has 0 saturated heterocycles. The van der Waals surface area contributed by atoms with Crippen LogP contribution in [0.3, 0.4) is 0 Å². The molecule has 4 rings (SSSR count). The molecule has 0 nitrogen and oxygen atoms in total. The van der Waals surface area contributed by atoms with Gasteiger partial charge in [-0.3, -0.25) is 0 Å². The third-order valence-corrected chi connectivity index (χ3v) is 9.69. The average Bonchev–Trinajstić information content (AvgIpc) is 2.84. The highest BCUT2D eigenvalue weighted by Crippen LogP contribution is 2.54. The van der Waals surface area contributed by atoms with Crippen LogP contribution in [0.4, 0.5) is 0 Å². The lowest BCUT2D eigenvalue weighted by atomic mass is 10.0. The molecule has 0 N–H and O–H groups in total. The Bertz CT molecular complexity index is 1120. The normalized spacial score (nSPS) is 10.7. The van der Waals surface area contributed by atoms with Crippen LogP contribution in [0.1, 0.15) is 18.1 Å². The maximum atomic E-state index is 4.12. The van der Waals surface area contributed by atoms with Crippen LogP contribution < -0.4 is 15.9 Å². The third kappa shape index (κ3) is 4.39. The molecule has 4 aromatic rings. The van der Waals surface area contributed by atoms with Gasteiger partial charge in [0.2, 0.25) is 0 Å². The number of rotatable bonds is 5. The second-order valence-corrected chi connectivity index (χ2v) is 11.1. The Morgan fingerprint density at radius 1 is 0.645 bits per heavy atom. The van der Waals surface area contributed by atoms with Crippen LogP contribution in [0, 0.1) is 11.8 Å². The van der Waals surface area contributed by atoms with Crippen molar-refractivity contribution in [2.75, 3.05) is 6.16 Å². The van der Waals surface area contributed by atoms with Gasteiger partial charge in [-0.25, -0.2) is 0 Å². The van der Waals surface area contributed by atoms with Crippen LogP contribution in [0.2, 0.25) is 0 Å². The van der Waals surface area contributed by atoms with Gasteiger partial charge in [-0.15, -0.1) is 0 Å². The summed E-state index contributed by atoms with van der Waals surface area (Å²) in [6.45, 7) is 6.16. The van der Waals surface area contributed by atoms with Gasteiger partial charge in [0, 0.05) is 5.56 Å². The molecule has 0 aliphatic rings. The molecule has 1 heteroatoms. The van der Waals surface area contributed by atoms with E-state index >= 15 is 0 Å². The molecule has 0 unspecified atom stereocenters. The Morgan fingerprint density at radius 3 is 1.52 bits per heavy atom. The van der Waals surface area contributed by atoms with Crippen molar-refractivity contribution < 1.29 is 0 Å². The van der Waals surface area contributed by atoms with E-state index in [1.165, 1.54) is 15.9 Å². The lowest BCUT2D eigenvalue weighted by Gasteiger charge is -2.25. The smallest absolute Gasteiger partial charge is 0.0955 e. The molecule has 0 aromatic heterocycles. The summed E-state index contributed by atoms with van der Waals surface area (Å²) < 4.78 is 0. The van der Waals surface area contributed by atoms with Crippen molar-refractivity contribution in [3.63, 3.8) is 0 Å². The summed E-state index contributed by atoms with van der Waals surface area (Å²) in [4.78, 5) is 0. The van der Waals surface area contributed by atoms with Crippen LogP contribution in [-0.2, 0) is 0 Å². The second kappa shape index (κ2) is 9.61. The summed E-state index contributed by atoms with van der Waals surface area (Å²) in [6, 6.07) is 40.9. The van der Waals surface area contributed by atoms with Crippen molar-refractivity contribution in [3.8, 4) is 11.8 Å². The molecule has 150 valence electrons. The molecule has 0 heterocycles. The molecule has 0 fully saturated rings. The van der Waals surface area contributed by atoms with Crippen LogP contribution in [0.15, 0.2) is 122 Å². The highest BCUT2D eigenvalue weighted by Gasteiger charge is 2.44. The van der Waals surface area contributed by atoms with Crippen LogP contribution in [0.25, 0.3) is 5.57 Å². The average molecular weight is 418 g/mol. The van der Waals surface area contributed by atoms with E-state index in [2.05, 4.69) is 122 Å². The minimum absolute atomic E-state index is 0.787. The van der Waals surface area contributed by atoms with Crippen LogP contribution in [-0.4, -0.2) is 6.16 Å². The van der Waals surface area contributed by atoms with Crippen molar-refractivity contribution in [2.24, 2.45) is 0 Å². The fraction of sp³-hybridized carbons (Fsp3) is 0.0667. The van der Waals surface area contributed by atoms with E-state index in [-0.39, 0.29) is 0 Å². The molecule has 0 bridgehead atoms. The van der Waals surface area contributed by atoms with Gasteiger partial charge in [0.05, 0.1) is 0 Å². The first-order chi connectivity index (χ1) is 15.2. The van der Waals surface area contributed by atoms with Gasteiger partial charge in [0.25, 0.3) is 0 Å². The first kappa shape index (κ1) is 20.9. The molecule has 0 spiro atoms. The summed E-state index contributed by atoms with van der Waals surface area (Å²) in [7, 11) is -1.93. The summed E-state index contributed by atoms with van der Waals surface area (Å²) in [5.41, 5.74) is 3.21. The first-order valence-corrected chi connectivity index (χ1v) is 12.5. The standard InChI is InChI=1S/C30H26P/c1-25(2)30-23-13-12-15-26(30)16-14-24-31(27-17-6-3-7-18-27,28-19-8-4-9-20-28)29-21-10-5-11-22-29/h3-13,15,17-23H,1,24H2,2H3/q+1. The second-order valence-electron chi connectivity index (χ2n) is 7.60. The van der Waals surface area contributed by atoms with E-state index in [9.17, 15) is 0 Å². The quantitative estimate of drug-likeness (QED) is 0.273. The molecule has 4 aromatic carbocycles. The fourth-order valence-corrected chi connectivity index (χ4v) is 7.79. The van der Waals surface area contributed by atoms with Gasteiger partial charge in [-0.2, -0.15) is 0 Å². The highest BCUT2D eigenvalue weighted by atomic mass is 31.2. The zero-order valence-corrected chi connectivity index (χ0v) is 18.7. The molecular formula is C30H26P+. The van der Waals surface area contributed by atoms with Crippen molar-refractivity contribution in [2.45, 2.75) is 6.92 Å². The molecular weight excluding hydrogens is 391 g/mol. The molecule has 0 radical (unpaired) electrons. The van der Waals surface area contributed by atoms with E-state index in [4.69, 9.17) is 0 Å². The Balaban J connectivity index is 1.89. The van der Waals surface area contributed by atoms with Gasteiger partial charge in [-0.05, 0) is 60.5 Å². The zero-order chi connectivity index (χ0) is 21.5. The predicted octanol–water partition coefficient (Wildman–Crippen LogP) is 6.07. The Hall–Kier alpha value is -3.39. The molecule has 0 amide bonds. The van der Waals surface area contributed by atoms with E-state index in [0.29, 0.717) is 0 Å². The van der Waals surface area contributed by atoms with E-state index in [0.717, 1.165) is 22.9 Å². The Labute approximate surface area is 186 Å². The molecule has 0 aliphatic carbocycles. The molecule has 0 aliphatic heterocycles. The molecule has 31 heavy (non-hydrogen) atoms. The highest BCUT2D eigenvalue weighted by molar-refractivity contribution is 7.95. The third-order valence-electron chi connectivity index (χ3n) is 5.52. The topological polar surface area (TPSA) is 0 Å². The van der Waals surface area contributed by atoms with Crippen molar-refractivity contribution in [3.05, 3.63) is 133 Å². The van der Waals surface area contributed by atoms with Gasteiger partial charge in [-0.1, -0.05) is 91.2 Å². The van der Waals surface area contributed by atoms with Gasteiger partial charge >= 0.3 is 0 Å². The Morgan fingerprint density at radius 2 is 1.06 bits per heavy atom. The SMILES string of the molecule is C=C(C)c1ccccc1C#CC[P+](c1ccccc1)(c1ccccc1)c1ccccc1. The van der Waals surface area contributed by atoms with Crippen LogP contribution in [0.5, 0.6) is 0 Å². The summed E-state index contributed by atoms with van der Waals surface area (Å²) in [5.74, 6) is 7.07. The molecule has 0 saturated carbocycles. The summed E-state index contributed by atoms with van der Waals surface area (Å²) in [5, 5.41) is 4.07. The van der Waals surface area contributed by atoms with Gasteiger partial charge in [0.15, 0.2) is 0 Å². The number of allylic oxidation sites excluding steroid dienone is 1. The number of hydrogen-bond donors (Lipinski definition) is 0. The molecule has 0 atom stereocenters. The number of hydrogen-bond acceptors (Lipinski definition) is 0. The van der Waals surface area contributed by atoms with Crippen molar-refractivity contribution >= 4 is 28.7 Å². The monoisotopic (exact) mass is 417 g/mol. The van der Waals surface area contributed by atoms with Gasteiger partial charge in [0.1, 0.15) is 29.3 Å². The van der Waals surface area contributed by atoms with E-state index in [1.807, 2.05) is 19.1 Å². The maximum absolute atomic E-state index is 4.12. The first-order valence-electron chi connectivity index (χ1n) is 10.5. The van der Waals surface area contributed by atoms with Crippen molar-refractivity contribution in [1.82, 2.24) is 0 Å². The minimum Gasteiger partial charge on any atom is -0.0955 e. The number of benzene rings is 4. The zero-order valence-electron chi connectivity index (χ0n) is 17.8. The largest absolute Gasteiger partial charge is 0.134 e. The van der Waals surface area contributed by atoms with Gasteiger partial charge < -0.3 is 0 Å². The summed E-state index contributed by atoms with van der Waals surface area (Å²) >= 11 is 0.